The average Bonchev–Trinajstić information content (AvgIpc) is 2.28. The molecular weight excluding hydrogens is 154 g/mol. The SMILES string of the molecule is Cc1ccc2c(n1)[nH]c(=O)n2C. The Morgan fingerprint density at radius 1 is 1.50 bits per heavy atom. The van der Waals surface area contributed by atoms with Crippen LogP contribution in [0.25, 0.3) is 11.2 Å². The summed E-state index contributed by atoms with van der Waals surface area (Å²) in [5.41, 5.74) is 2.28. The molecule has 1 N–H and O–H groups in total. The lowest BCUT2D eigenvalue weighted by atomic mass is 10.3. The van der Waals surface area contributed by atoms with Crippen LogP contribution in [0.15, 0.2) is 16.9 Å². The molecule has 0 bridgehead atoms. The molecule has 0 fully saturated rings. The van der Waals surface area contributed by atoms with E-state index in [9.17, 15) is 4.79 Å². The van der Waals surface area contributed by atoms with Crippen molar-refractivity contribution in [2.45, 2.75) is 6.92 Å². The van der Waals surface area contributed by atoms with Crippen molar-refractivity contribution >= 4 is 11.2 Å². The summed E-state index contributed by atoms with van der Waals surface area (Å²) >= 11 is 0. The second-order valence-corrected chi connectivity index (χ2v) is 2.81. The van der Waals surface area contributed by atoms with E-state index in [2.05, 4.69) is 9.97 Å². The number of nitrogens with zero attached hydrogens (tertiary/aromatic N) is 2. The molecule has 0 aromatic carbocycles. The van der Waals surface area contributed by atoms with E-state index in [1.807, 2.05) is 19.1 Å². The number of aromatic amines is 1. The highest BCUT2D eigenvalue weighted by Crippen LogP contribution is 2.05. The molecule has 4 nitrogen and oxygen atoms in total. The number of aryl methyl sites for hydroxylation is 2. The van der Waals surface area contributed by atoms with E-state index >= 15 is 0 Å². The zero-order valence-electron chi connectivity index (χ0n) is 6.96. The van der Waals surface area contributed by atoms with E-state index in [0.29, 0.717) is 5.65 Å². The molecule has 4 heteroatoms. The highest BCUT2D eigenvalue weighted by Gasteiger charge is 2.02. The van der Waals surface area contributed by atoms with Gasteiger partial charge in [-0.3, -0.25) is 9.55 Å². The Labute approximate surface area is 68.9 Å². The van der Waals surface area contributed by atoms with Gasteiger partial charge >= 0.3 is 5.69 Å². The number of imidazole rings is 1. The third kappa shape index (κ3) is 0.845. The second kappa shape index (κ2) is 2.20. The Balaban J connectivity index is 2.96. The number of nitrogens with one attached hydrogen (secondary N) is 1. The van der Waals surface area contributed by atoms with Crippen molar-refractivity contribution < 1.29 is 0 Å². The van der Waals surface area contributed by atoms with Crippen molar-refractivity contribution in [2.75, 3.05) is 0 Å². The number of hydrogen-bond donors (Lipinski definition) is 1. The Kier molecular flexibility index (Phi) is 1.30. The molecule has 0 aliphatic rings. The minimum atomic E-state index is -0.122. The lowest BCUT2D eigenvalue weighted by Gasteiger charge is -1.92. The van der Waals surface area contributed by atoms with E-state index in [4.69, 9.17) is 0 Å². The third-order valence-corrected chi connectivity index (χ3v) is 1.90. The molecule has 0 saturated carbocycles. The van der Waals surface area contributed by atoms with Crippen molar-refractivity contribution in [3.63, 3.8) is 0 Å². The van der Waals surface area contributed by atoms with Crippen LogP contribution in [0, 0.1) is 6.92 Å². The molecule has 0 radical (unpaired) electrons. The van der Waals surface area contributed by atoms with Gasteiger partial charge < -0.3 is 0 Å². The maximum absolute atomic E-state index is 11.1. The van der Waals surface area contributed by atoms with E-state index in [0.717, 1.165) is 11.2 Å². The van der Waals surface area contributed by atoms with E-state index < -0.39 is 0 Å². The molecule has 0 amide bonds. The van der Waals surface area contributed by atoms with Gasteiger partial charge in [0.2, 0.25) is 0 Å². The first-order valence-corrected chi connectivity index (χ1v) is 3.71. The normalized spacial score (nSPS) is 10.8. The van der Waals surface area contributed by atoms with Crippen LogP contribution in [0.1, 0.15) is 5.69 Å². The zero-order valence-corrected chi connectivity index (χ0v) is 6.96. The third-order valence-electron chi connectivity index (χ3n) is 1.90. The van der Waals surface area contributed by atoms with Gasteiger partial charge in [0, 0.05) is 12.7 Å². The van der Waals surface area contributed by atoms with Crippen LogP contribution in [-0.4, -0.2) is 14.5 Å². The Morgan fingerprint density at radius 3 is 3.00 bits per heavy atom. The molecule has 0 unspecified atom stereocenters. The van der Waals surface area contributed by atoms with Crippen LogP contribution in [0.3, 0.4) is 0 Å². The quantitative estimate of drug-likeness (QED) is 0.617. The van der Waals surface area contributed by atoms with E-state index in [1.54, 1.807) is 11.6 Å². The van der Waals surface area contributed by atoms with Gasteiger partial charge in [-0.05, 0) is 19.1 Å². The maximum atomic E-state index is 11.1. The van der Waals surface area contributed by atoms with Crippen LogP contribution >= 0.6 is 0 Å². The molecule has 2 aromatic heterocycles. The predicted octanol–water partition coefficient (Wildman–Crippen LogP) is 0.570. The molecule has 12 heavy (non-hydrogen) atoms. The molecular formula is C8H9N3O. The number of rotatable bonds is 0. The highest BCUT2D eigenvalue weighted by molar-refractivity contribution is 5.70. The predicted molar refractivity (Wildman–Crippen MR) is 46.1 cm³/mol. The zero-order chi connectivity index (χ0) is 8.72. The standard InChI is InChI=1S/C8H9N3O/c1-5-3-4-6-7(9-5)10-8(12)11(6)2/h3-4H,1-2H3,(H,9,10,12). The van der Waals surface area contributed by atoms with Crippen LogP contribution < -0.4 is 5.69 Å². The summed E-state index contributed by atoms with van der Waals surface area (Å²) in [5, 5.41) is 0. The fourth-order valence-corrected chi connectivity index (χ4v) is 1.21. The monoisotopic (exact) mass is 163 g/mol. The first kappa shape index (κ1) is 7.09. The molecule has 62 valence electrons. The Bertz CT molecular complexity index is 480. The maximum Gasteiger partial charge on any atom is 0.327 e. The van der Waals surface area contributed by atoms with Gasteiger partial charge in [0.05, 0.1) is 5.52 Å². The molecule has 2 aromatic rings. The van der Waals surface area contributed by atoms with Gasteiger partial charge in [0.15, 0.2) is 5.65 Å². The lowest BCUT2D eigenvalue weighted by molar-refractivity contribution is 0.891. The average molecular weight is 163 g/mol. The summed E-state index contributed by atoms with van der Waals surface area (Å²) in [5.74, 6) is 0. The first-order chi connectivity index (χ1) is 5.68. The Hall–Kier alpha value is -1.58. The van der Waals surface area contributed by atoms with Crippen LogP contribution in [-0.2, 0) is 7.05 Å². The first-order valence-electron chi connectivity index (χ1n) is 3.71. The number of pyridine rings is 1. The summed E-state index contributed by atoms with van der Waals surface area (Å²) in [7, 11) is 1.72. The van der Waals surface area contributed by atoms with Crippen LogP contribution in [0.4, 0.5) is 0 Å². The van der Waals surface area contributed by atoms with Gasteiger partial charge in [-0.15, -0.1) is 0 Å². The summed E-state index contributed by atoms with van der Waals surface area (Å²) in [6.45, 7) is 1.89. The summed E-state index contributed by atoms with van der Waals surface area (Å²) in [6, 6.07) is 3.77. The number of hydrogen-bond acceptors (Lipinski definition) is 2. The minimum absolute atomic E-state index is 0.122. The number of H-pyrrole nitrogens is 1. The van der Waals surface area contributed by atoms with Crippen LogP contribution in [0.5, 0.6) is 0 Å². The largest absolute Gasteiger partial charge is 0.327 e. The van der Waals surface area contributed by atoms with Gasteiger partial charge in [0.25, 0.3) is 0 Å². The molecule has 0 atom stereocenters. The van der Waals surface area contributed by atoms with Crippen molar-refractivity contribution in [3.8, 4) is 0 Å². The van der Waals surface area contributed by atoms with Crippen molar-refractivity contribution in [1.82, 2.24) is 14.5 Å². The molecule has 0 spiro atoms. The summed E-state index contributed by atoms with van der Waals surface area (Å²) in [6.07, 6.45) is 0. The topological polar surface area (TPSA) is 50.7 Å². The van der Waals surface area contributed by atoms with Gasteiger partial charge in [-0.1, -0.05) is 0 Å². The van der Waals surface area contributed by atoms with Crippen molar-refractivity contribution in [1.29, 1.82) is 0 Å². The number of aromatic nitrogens is 3. The summed E-state index contributed by atoms with van der Waals surface area (Å²) in [4.78, 5) is 18.0. The van der Waals surface area contributed by atoms with Crippen molar-refractivity contribution in [3.05, 3.63) is 28.3 Å². The Morgan fingerprint density at radius 2 is 2.25 bits per heavy atom. The molecule has 2 rings (SSSR count). The molecule has 2 heterocycles. The molecule has 0 aliphatic carbocycles. The van der Waals surface area contributed by atoms with E-state index in [1.165, 1.54) is 0 Å². The van der Waals surface area contributed by atoms with Gasteiger partial charge in [-0.25, -0.2) is 9.78 Å². The number of fused-ring (bicyclic) bond motifs is 1. The minimum Gasteiger partial charge on any atom is -0.294 e. The van der Waals surface area contributed by atoms with Gasteiger partial charge in [-0.2, -0.15) is 0 Å². The van der Waals surface area contributed by atoms with Crippen LogP contribution in [0.2, 0.25) is 0 Å². The molecule has 0 aliphatic heterocycles. The highest BCUT2D eigenvalue weighted by atomic mass is 16.1. The van der Waals surface area contributed by atoms with Crippen molar-refractivity contribution in [2.24, 2.45) is 7.05 Å². The van der Waals surface area contributed by atoms with Gasteiger partial charge in [0.1, 0.15) is 0 Å². The smallest absolute Gasteiger partial charge is 0.294 e. The second-order valence-electron chi connectivity index (χ2n) is 2.81. The fraction of sp³-hybridized carbons (Fsp3) is 0.250. The summed E-state index contributed by atoms with van der Waals surface area (Å²) < 4.78 is 1.54. The molecule has 0 saturated heterocycles. The fourth-order valence-electron chi connectivity index (χ4n) is 1.21. The van der Waals surface area contributed by atoms with E-state index in [-0.39, 0.29) is 5.69 Å². The lowest BCUT2D eigenvalue weighted by Crippen LogP contribution is -2.11.